The normalized spacial score (nSPS) is 13.2. The summed E-state index contributed by atoms with van der Waals surface area (Å²) in [5.74, 6) is 0. The number of alkyl halides is 1. The summed E-state index contributed by atoms with van der Waals surface area (Å²) in [5.41, 5.74) is 0. The van der Waals surface area contributed by atoms with Crippen molar-refractivity contribution in [1.82, 2.24) is 10.6 Å². The summed E-state index contributed by atoms with van der Waals surface area (Å²) in [7, 11) is 0. The monoisotopic (exact) mass is 284 g/mol. The Balaban J connectivity index is 2.82. The van der Waals surface area contributed by atoms with Crippen molar-refractivity contribution in [1.29, 1.82) is 0 Å². The van der Waals surface area contributed by atoms with Gasteiger partial charge in [0.25, 0.3) is 0 Å². The first-order valence-corrected chi connectivity index (χ1v) is 6.07. The van der Waals surface area contributed by atoms with E-state index in [2.05, 4.69) is 47.1 Å². The minimum atomic E-state index is 0.742. The Morgan fingerprint density at radius 2 is 1.83 bits per heavy atom. The Morgan fingerprint density at radius 3 is 2.42 bits per heavy atom. The first-order valence-electron chi connectivity index (χ1n) is 4.83. The second kappa shape index (κ2) is 9.74. The summed E-state index contributed by atoms with van der Waals surface area (Å²) < 4.78 is 0.742. The van der Waals surface area contributed by atoms with Gasteiger partial charge in [0, 0.05) is 10.5 Å². The van der Waals surface area contributed by atoms with Crippen molar-refractivity contribution in [2.75, 3.05) is 26.2 Å². The number of hydrogen-bond donors (Lipinski definition) is 2. The highest BCUT2D eigenvalue weighted by atomic mass is 127. The summed E-state index contributed by atoms with van der Waals surface area (Å²) in [6, 6.07) is 0. The van der Waals surface area contributed by atoms with Crippen molar-refractivity contribution in [2.45, 2.75) is 30.6 Å². The number of hydrogen-bond acceptors (Lipinski definition) is 2. The molecule has 12 heavy (non-hydrogen) atoms. The lowest BCUT2D eigenvalue weighted by molar-refractivity contribution is 0.595. The van der Waals surface area contributed by atoms with Gasteiger partial charge >= 0.3 is 0 Å². The molecule has 1 atom stereocenters. The molecule has 0 saturated heterocycles. The van der Waals surface area contributed by atoms with Crippen molar-refractivity contribution in [2.24, 2.45) is 0 Å². The number of rotatable bonds is 8. The maximum Gasteiger partial charge on any atom is 0.0206 e. The molecule has 0 fully saturated rings. The van der Waals surface area contributed by atoms with Crippen molar-refractivity contribution in [3.63, 3.8) is 0 Å². The molecule has 0 aliphatic heterocycles. The highest BCUT2D eigenvalue weighted by Crippen LogP contribution is 1.94. The first-order chi connectivity index (χ1) is 5.77. The number of nitrogens with one attached hydrogen (secondary N) is 2. The molecule has 0 aromatic carbocycles. The van der Waals surface area contributed by atoms with Crippen LogP contribution in [0, 0.1) is 0 Å². The van der Waals surface area contributed by atoms with Gasteiger partial charge in [0.1, 0.15) is 0 Å². The molecular weight excluding hydrogens is 263 g/mol. The predicted molar refractivity (Wildman–Crippen MR) is 64.1 cm³/mol. The van der Waals surface area contributed by atoms with E-state index in [1.54, 1.807) is 0 Å². The number of halogens is 1. The molecule has 2 nitrogen and oxygen atoms in total. The third-order valence-electron chi connectivity index (χ3n) is 1.56. The topological polar surface area (TPSA) is 24.1 Å². The molecule has 0 rings (SSSR count). The van der Waals surface area contributed by atoms with Gasteiger partial charge in [0.15, 0.2) is 0 Å². The van der Waals surface area contributed by atoms with Crippen molar-refractivity contribution < 1.29 is 0 Å². The summed E-state index contributed by atoms with van der Waals surface area (Å²) in [6.45, 7) is 9.00. The molecule has 1 unspecified atom stereocenters. The Kier molecular flexibility index (Phi) is 10.3. The molecule has 0 saturated carbocycles. The van der Waals surface area contributed by atoms with Gasteiger partial charge in [-0.3, -0.25) is 0 Å². The lowest BCUT2D eigenvalue weighted by Gasteiger charge is -2.06. The van der Waals surface area contributed by atoms with Gasteiger partial charge in [-0.25, -0.2) is 0 Å². The molecule has 0 amide bonds. The van der Waals surface area contributed by atoms with Crippen LogP contribution in [0.15, 0.2) is 0 Å². The molecule has 0 heterocycles. The maximum absolute atomic E-state index is 3.41. The van der Waals surface area contributed by atoms with Crippen LogP contribution in [-0.2, 0) is 0 Å². The Hall–Kier alpha value is 0.650. The second-order valence-electron chi connectivity index (χ2n) is 3.09. The lowest BCUT2D eigenvalue weighted by Crippen LogP contribution is -2.25. The molecule has 0 radical (unpaired) electrons. The van der Waals surface area contributed by atoms with Crippen molar-refractivity contribution in [3.8, 4) is 0 Å². The van der Waals surface area contributed by atoms with Gasteiger partial charge in [0.05, 0.1) is 0 Å². The van der Waals surface area contributed by atoms with Gasteiger partial charge in [-0.15, -0.1) is 0 Å². The van der Waals surface area contributed by atoms with Crippen LogP contribution < -0.4 is 10.6 Å². The molecule has 74 valence electrons. The maximum atomic E-state index is 3.41. The van der Waals surface area contributed by atoms with Gasteiger partial charge in [-0.1, -0.05) is 36.4 Å². The van der Waals surface area contributed by atoms with Crippen molar-refractivity contribution >= 4 is 22.6 Å². The molecule has 0 aromatic rings. The second-order valence-corrected chi connectivity index (χ2v) is 5.21. The highest BCUT2D eigenvalue weighted by Gasteiger charge is 1.93. The van der Waals surface area contributed by atoms with Crippen LogP contribution in [0.3, 0.4) is 0 Å². The van der Waals surface area contributed by atoms with Crippen LogP contribution >= 0.6 is 22.6 Å². The average Bonchev–Trinajstić information content (AvgIpc) is 2.02. The zero-order valence-corrected chi connectivity index (χ0v) is 10.4. The Labute approximate surface area is 90.0 Å². The smallest absolute Gasteiger partial charge is 0.0206 e. The average molecular weight is 284 g/mol. The van der Waals surface area contributed by atoms with E-state index in [1.165, 1.54) is 12.8 Å². The van der Waals surface area contributed by atoms with E-state index >= 15 is 0 Å². The lowest BCUT2D eigenvalue weighted by atomic mass is 10.4. The van der Waals surface area contributed by atoms with Crippen LogP contribution in [0.25, 0.3) is 0 Å². The largest absolute Gasteiger partial charge is 0.317 e. The highest BCUT2D eigenvalue weighted by molar-refractivity contribution is 14.1. The first kappa shape index (κ1) is 12.7. The fourth-order valence-electron chi connectivity index (χ4n) is 0.941. The Morgan fingerprint density at radius 1 is 1.17 bits per heavy atom. The predicted octanol–water partition coefficient (Wildman–Crippen LogP) is 1.79. The van der Waals surface area contributed by atoms with E-state index < -0.39 is 0 Å². The van der Waals surface area contributed by atoms with Gasteiger partial charge < -0.3 is 10.6 Å². The van der Waals surface area contributed by atoms with Crippen LogP contribution in [0.1, 0.15) is 26.7 Å². The summed E-state index contributed by atoms with van der Waals surface area (Å²) in [5, 5.41) is 6.80. The van der Waals surface area contributed by atoms with Gasteiger partial charge in [0.2, 0.25) is 0 Å². The van der Waals surface area contributed by atoms with Crippen LogP contribution in [0.4, 0.5) is 0 Å². The minimum absolute atomic E-state index is 0.742. The summed E-state index contributed by atoms with van der Waals surface area (Å²) in [4.78, 5) is 0. The fraction of sp³-hybridized carbons (Fsp3) is 1.00. The summed E-state index contributed by atoms with van der Waals surface area (Å²) in [6.07, 6.45) is 2.47. The van der Waals surface area contributed by atoms with Crippen LogP contribution in [0.5, 0.6) is 0 Å². The van der Waals surface area contributed by atoms with E-state index in [9.17, 15) is 0 Å². The quantitative estimate of drug-likeness (QED) is 0.403. The minimum Gasteiger partial charge on any atom is -0.317 e. The zero-order valence-electron chi connectivity index (χ0n) is 8.20. The van der Waals surface area contributed by atoms with E-state index in [1.807, 2.05) is 0 Å². The van der Waals surface area contributed by atoms with Gasteiger partial charge in [-0.05, 0) is 32.5 Å². The molecule has 0 spiro atoms. The van der Waals surface area contributed by atoms with Crippen LogP contribution in [0.2, 0.25) is 0 Å². The standard InChI is InChI=1S/C9H21IN2/c1-3-5-11-6-4-7-12-8-9(2)10/h9,11-12H,3-8H2,1-2H3. The molecule has 3 heteroatoms. The summed E-state index contributed by atoms with van der Waals surface area (Å²) >= 11 is 2.44. The van der Waals surface area contributed by atoms with E-state index in [4.69, 9.17) is 0 Å². The van der Waals surface area contributed by atoms with E-state index in [0.29, 0.717) is 0 Å². The molecule has 0 aliphatic carbocycles. The fourth-order valence-corrected chi connectivity index (χ4v) is 1.25. The molecule has 2 N–H and O–H groups in total. The van der Waals surface area contributed by atoms with Gasteiger partial charge in [-0.2, -0.15) is 0 Å². The third-order valence-corrected chi connectivity index (χ3v) is 2.00. The molecular formula is C9H21IN2. The third kappa shape index (κ3) is 10.7. The zero-order chi connectivity index (χ0) is 9.23. The molecule has 0 aromatic heterocycles. The van der Waals surface area contributed by atoms with Crippen LogP contribution in [-0.4, -0.2) is 30.1 Å². The SMILES string of the molecule is CCCNCCCNCC(C)I. The van der Waals surface area contributed by atoms with E-state index in [-0.39, 0.29) is 0 Å². The van der Waals surface area contributed by atoms with E-state index in [0.717, 1.165) is 30.1 Å². The molecule has 0 aliphatic rings. The van der Waals surface area contributed by atoms with Crippen molar-refractivity contribution in [3.05, 3.63) is 0 Å². The Bertz CT molecular complexity index is 86.6. The molecule has 0 bridgehead atoms.